The fourth-order valence-electron chi connectivity index (χ4n) is 1.60. The van der Waals surface area contributed by atoms with Crippen molar-refractivity contribution in [1.29, 1.82) is 0 Å². The molecular weight excluding hydrogens is 184 g/mol. The molecule has 2 rings (SSSR count). The van der Waals surface area contributed by atoms with E-state index >= 15 is 0 Å². The van der Waals surface area contributed by atoms with E-state index in [1.165, 1.54) is 16.7 Å². The Balaban J connectivity index is 2.17. The normalized spacial score (nSPS) is 10.2. The van der Waals surface area contributed by atoms with Gasteiger partial charge in [0.05, 0.1) is 0 Å². The van der Waals surface area contributed by atoms with E-state index in [1.54, 1.807) is 0 Å². The molecule has 2 heteroatoms. The zero-order valence-electron chi connectivity index (χ0n) is 8.56. The van der Waals surface area contributed by atoms with Gasteiger partial charge in [0, 0.05) is 18.9 Å². The van der Waals surface area contributed by atoms with Crippen molar-refractivity contribution in [3.05, 3.63) is 65.5 Å². The molecule has 0 fully saturated rings. The average molecular weight is 198 g/mol. The maximum absolute atomic E-state index is 5.60. The van der Waals surface area contributed by atoms with E-state index in [1.807, 2.05) is 24.5 Å². The molecule has 2 aromatic rings. The Morgan fingerprint density at radius 2 is 1.67 bits per heavy atom. The van der Waals surface area contributed by atoms with E-state index in [-0.39, 0.29) is 0 Å². The molecule has 0 aliphatic carbocycles. The lowest BCUT2D eigenvalue weighted by Crippen LogP contribution is -1.97. The van der Waals surface area contributed by atoms with Gasteiger partial charge >= 0.3 is 0 Å². The first-order valence-corrected chi connectivity index (χ1v) is 5.05. The first-order valence-electron chi connectivity index (χ1n) is 5.05. The molecule has 0 unspecified atom stereocenters. The van der Waals surface area contributed by atoms with Gasteiger partial charge in [-0.25, -0.2) is 0 Å². The molecule has 2 N–H and O–H groups in total. The molecule has 15 heavy (non-hydrogen) atoms. The predicted octanol–water partition coefficient (Wildman–Crippen LogP) is 2.13. The second kappa shape index (κ2) is 4.71. The van der Waals surface area contributed by atoms with Crippen LogP contribution in [0, 0.1) is 0 Å². The van der Waals surface area contributed by atoms with Crippen LogP contribution >= 0.6 is 0 Å². The minimum Gasteiger partial charge on any atom is -0.326 e. The average Bonchev–Trinajstić information content (AvgIpc) is 2.31. The Kier molecular flexibility index (Phi) is 3.10. The molecule has 0 aliphatic rings. The second-order valence-corrected chi connectivity index (χ2v) is 3.56. The van der Waals surface area contributed by atoms with Gasteiger partial charge in [-0.2, -0.15) is 0 Å². The van der Waals surface area contributed by atoms with Gasteiger partial charge in [-0.15, -0.1) is 0 Å². The van der Waals surface area contributed by atoms with Crippen molar-refractivity contribution in [3.8, 4) is 0 Å². The van der Waals surface area contributed by atoms with Crippen molar-refractivity contribution >= 4 is 0 Å². The van der Waals surface area contributed by atoms with E-state index in [2.05, 4.69) is 29.2 Å². The lowest BCUT2D eigenvalue weighted by atomic mass is 10.0. The molecule has 1 aromatic carbocycles. The first-order chi connectivity index (χ1) is 7.38. The Bertz CT molecular complexity index is 424. The lowest BCUT2D eigenvalue weighted by molar-refractivity contribution is 1.05. The van der Waals surface area contributed by atoms with Crippen molar-refractivity contribution in [1.82, 2.24) is 4.98 Å². The molecule has 0 spiro atoms. The Morgan fingerprint density at radius 1 is 0.933 bits per heavy atom. The number of hydrogen-bond donors (Lipinski definition) is 1. The topological polar surface area (TPSA) is 38.9 Å². The summed E-state index contributed by atoms with van der Waals surface area (Å²) in [6.07, 6.45) is 4.58. The van der Waals surface area contributed by atoms with Gasteiger partial charge in [0.15, 0.2) is 0 Å². The van der Waals surface area contributed by atoms with E-state index in [0.717, 1.165) is 6.42 Å². The molecule has 0 atom stereocenters. The van der Waals surface area contributed by atoms with Crippen molar-refractivity contribution in [2.45, 2.75) is 13.0 Å². The van der Waals surface area contributed by atoms with Gasteiger partial charge < -0.3 is 5.73 Å². The number of hydrogen-bond acceptors (Lipinski definition) is 2. The van der Waals surface area contributed by atoms with Crippen LogP contribution in [0.15, 0.2) is 48.8 Å². The second-order valence-electron chi connectivity index (χ2n) is 3.56. The molecule has 0 saturated carbocycles. The highest BCUT2D eigenvalue weighted by molar-refractivity contribution is 5.28. The molecule has 2 nitrogen and oxygen atoms in total. The number of aromatic nitrogens is 1. The standard InChI is InChI=1S/C13H14N2/c14-10-13-3-1-2-12(9-13)8-11-4-6-15-7-5-11/h1-7,9H,8,10,14H2. The van der Waals surface area contributed by atoms with Crippen LogP contribution in [0.2, 0.25) is 0 Å². The third-order valence-electron chi connectivity index (χ3n) is 2.38. The van der Waals surface area contributed by atoms with E-state index in [0.29, 0.717) is 6.54 Å². The van der Waals surface area contributed by atoms with Gasteiger partial charge in [0.25, 0.3) is 0 Å². The predicted molar refractivity (Wildman–Crippen MR) is 61.4 cm³/mol. The summed E-state index contributed by atoms with van der Waals surface area (Å²) in [6, 6.07) is 12.5. The SMILES string of the molecule is NCc1cccc(Cc2ccncc2)c1. The largest absolute Gasteiger partial charge is 0.326 e. The van der Waals surface area contributed by atoms with E-state index < -0.39 is 0 Å². The van der Waals surface area contributed by atoms with Crippen LogP contribution in [0.5, 0.6) is 0 Å². The third-order valence-corrected chi connectivity index (χ3v) is 2.38. The number of benzene rings is 1. The van der Waals surface area contributed by atoms with Gasteiger partial charge in [-0.05, 0) is 35.2 Å². The monoisotopic (exact) mass is 198 g/mol. The van der Waals surface area contributed by atoms with Crippen LogP contribution in [0.25, 0.3) is 0 Å². The lowest BCUT2D eigenvalue weighted by Gasteiger charge is -2.03. The van der Waals surface area contributed by atoms with Crippen molar-refractivity contribution < 1.29 is 0 Å². The molecule has 0 bridgehead atoms. The summed E-state index contributed by atoms with van der Waals surface area (Å²) >= 11 is 0. The van der Waals surface area contributed by atoms with Crippen molar-refractivity contribution in [2.24, 2.45) is 5.73 Å². The number of pyridine rings is 1. The highest BCUT2D eigenvalue weighted by Gasteiger charge is 1.96. The summed E-state index contributed by atoms with van der Waals surface area (Å²) in [6.45, 7) is 0.601. The van der Waals surface area contributed by atoms with Crippen LogP contribution in [-0.2, 0) is 13.0 Å². The Morgan fingerprint density at radius 3 is 2.40 bits per heavy atom. The quantitative estimate of drug-likeness (QED) is 0.820. The fourth-order valence-corrected chi connectivity index (χ4v) is 1.60. The first kappa shape index (κ1) is 9.87. The summed E-state index contributed by atoms with van der Waals surface area (Å²) in [4.78, 5) is 4.00. The maximum Gasteiger partial charge on any atom is 0.0270 e. The number of nitrogens with zero attached hydrogens (tertiary/aromatic N) is 1. The minimum atomic E-state index is 0.601. The Labute approximate surface area is 89.8 Å². The summed E-state index contributed by atoms with van der Waals surface area (Å²) in [5.41, 5.74) is 9.36. The number of nitrogens with two attached hydrogens (primary N) is 1. The fraction of sp³-hybridized carbons (Fsp3) is 0.154. The van der Waals surface area contributed by atoms with Crippen LogP contribution < -0.4 is 5.73 Å². The van der Waals surface area contributed by atoms with Gasteiger partial charge in [0.2, 0.25) is 0 Å². The summed E-state index contributed by atoms with van der Waals surface area (Å²) < 4.78 is 0. The highest BCUT2D eigenvalue weighted by atomic mass is 14.6. The summed E-state index contributed by atoms with van der Waals surface area (Å²) in [5, 5.41) is 0. The highest BCUT2D eigenvalue weighted by Crippen LogP contribution is 2.10. The van der Waals surface area contributed by atoms with Gasteiger partial charge in [-0.3, -0.25) is 4.98 Å². The molecule has 0 radical (unpaired) electrons. The van der Waals surface area contributed by atoms with Crippen molar-refractivity contribution in [2.75, 3.05) is 0 Å². The Hall–Kier alpha value is -1.67. The summed E-state index contributed by atoms with van der Waals surface area (Å²) in [5.74, 6) is 0. The van der Waals surface area contributed by atoms with E-state index in [4.69, 9.17) is 5.73 Å². The molecule has 0 amide bonds. The number of rotatable bonds is 3. The van der Waals surface area contributed by atoms with Crippen LogP contribution in [0.3, 0.4) is 0 Å². The molecule has 0 aliphatic heterocycles. The third kappa shape index (κ3) is 2.64. The minimum absolute atomic E-state index is 0.601. The van der Waals surface area contributed by atoms with E-state index in [9.17, 15) is 0 Å². The zero-order valence-corrected chi connectivity index (χ0v) is 8.56. The van der Waals surface area contributed by atoms with Gasteiger partial charge in [-0.1, -0.05) is 24.3 Å². The molecular formula is C13H14N2. The molecule has 1 aromatic heterocycles. The maximum atomic E-state index is 5.60. The van der Waals surface area contributed by atoms with Crippen LogP contribution in [0.1, 0.15) is 16.7 Å². The van der Waals surface area contributed by atoms with Gasteiger partial charge in [0.1, 0.15) is 0 Å². The molecule has 1 heterocycles. The van der Waals surface area contributed by atoms with Crippen molar-refractivity contribution in [3.63, 3.8) is 0 Å². The summed E-state index contributed by atoms with van der Waals surface area (Å²) in [7, 11) is 0. The molecule has 76 valence electrons. The van der Waals surface area contributed by atoms with Crippen LogP contribution in [-0.4, -0.2) is 4.98 Å². The molecule has 0 saturated heterocycles. The van der Waals surface area contributed by atoms with Crippen LogP contribution in [0.4, 0.5) is 0 Å². The smallest absolute Gasteiger partial charge is 0.0270 e. The zero-order chi connectivity index (χ0) is 10.5.